The van der Waals surface area contributed by atoms with Crippen molar-refractivity contribution in [3.8, 4) is 11.5 Å². The lowest BCUT2D eigenvalue weighted by Crippen LogP contribution is -2.46. The van der Waals surface area contributed by atoms with E-state index in [0.717, 1.165) is 41.7 Å². The second-order valence-corrected chi connectivity index (χ2v) is 10.6. The average Bonchev–Trinajstić information content (AvgIpc) is 3.11. The van der Waals surface area contributed by atoms with Crippen LogP contribution in [0.25, 0.3) is 0 Å². The topological polar surface area (TPSA) is 74.3 Å². The number of Topliss-reactive ketones (excluding diaryl/α,β-unsaturated/α-hetero) is 1. The maximum atomic E-state index is 12.9. The van der Waals surface area contributed by atoms with E-state index in [4.69, 9.17) is 18.9 Å². The zero-order chi connectivity index (χ0) is 25.8. The van der Waals surface area contributed by atoms with Crippen molar-refractivity contribution in [2.45, 2.75) is 64.1 Å². The molecule has 1 spiro atoms. The molecular formula is C29H37NO6. The first kappa shape index (κ1) is 26.0. The summed E-state index contributed by atoms with van der Waals surface area (Å²) in [5, 5.41) is 0. The summed E-state index contributed by atoms with van der Waals surface area (Å²) in [5.41, 5.74) is 2.15. The second-order valence-electron chi connectivity index (χ2n) is 10.6. The molecule has 1 aliphatic carbocycles. The van der Waals surface area contributed by atoms with E-state index >= 15 is 0 Å². The van der Waals surface area contributed by atoms with Crippen molar-refractivity contribution in [3.05, 3.63) is 59.2 Å². The molecule has 0 N–H and O–H groups in total. The summed E-state index contributed by atoms with van der Waals surface area (Å²) in [6.45, 7) is 8.37. The number of benzene rings is 2. The third kappa shape index (κ3) is 6.01. The number of ketones is 1. The Balaban J connectivity index is 1.27. The molecule has 0 aromatic heterocycles. The number of piperidine rings is 1. The molecule has 2 aromatic carbocycles. The number of para-hydroxylation sites is 1. The summed E-state index contributed by atoms with van der Waals surface area (Å²) in [6, 6.07) is 13.7. The molecule has 7 nitrogen and oxygen atoms in total. The number of nitrogens with zero attached hydrogens (tertiary/aromatic N) is 1. The first-order valence-electron chi connectivity index (χ1n) is 12.7. The van der Waals surface area contributed by atoms with Crippen LogP contribution in [0.15, 0.2) is 42.5 Å². The molecule has 194 valence electrons. The number of methoxy groups -OCH3 is 1. The van der Waals surface area contributed by atoms with Crippen molar-refractivity contribution in [1.82, 2.24) is 4.90 Å². The Hall–Kier alpha value is -3.06. The van der Waals surface area contributed by atoms with Gasteiger partial charge in [-0.3, -0.25) is 4.79 Å². The first-order valence-corrected chi connectivity index (χ1v) is 12.7. The van der Waals surface area contributed by atoms with E-state index in [1.165, 1.54) is 0 Å². The van der Waals surface area contributed by atoms with Gasteiger partial charge in [-0.05, 0) is 57.4 Å². The van der Waals surface area contributed by atoms with Crippen molar-refractivity contribution in [2.75, 3.05) is 33.4 Å². The standard InChI is InChI=1S/C29H37NO6/c1-28(2,3)36-27(32)30-14-12-29(13-15-30)19-25(31)23-18-22(10-11-24(23)29)35-17-7-16-34-20-21-8-5-6-9-26(21)33-4/h5-6,8-11,18H,7,12-17,19-20H2,1-4H3. The van der Waals surface area contributed by atoms with Gasteiger partial charge in [0.25, 0.3) is 0 Å². The number of amides is 1. The van der Waals surface area contributed by atoms with Crippen molar-refractivity contribution in [3.63, 3.8) is 0 Å². The van der Waals surface area contributed by atoms with Gasteiger partial charge < -0.3 is 23.8 Å². The Morgan fingerprint density at radius 3 is 2.53 bits per heavy atom. The normalized spacial score (nSPS) is 16.7. The van der Waals surface area contributed by atoms with Crippen LogP contribution in [-0.4, -0.2) is 55.8 Å². The number of ether oxygens (including phenoxy) is 4. The zero-order valence-electron chi connectivity index (χ0n) is 21.8. The molecule has 2 aliphatic rings. The van der Waals surface area contributed by atoms with E-state index in [9.17, 15) is 9.59 Å². The summed E-state index contributed by atoms with van der Waals surface area (Å²) in [5.74, 6) is 1.68. The Labute approximate surface area is 213 Å². The summed E-state index contributed by atoms with van der Waals surface area (Å²) in [6.07, 6.45) is 2.47. The highest BCUT2D eigenvalue weighted by Gasteiger charge is 2.46. The molecule has 7 heteroatoms. The number of carbonyl (C=O) groups excluding carboxylic acids is 2. The maximum absolute atomic E-state index is 12.9. The quantitative estimate of drug-likeness (QED) is 0.448. The maximum Gasteiger partial charge on any atom is 0.410 e. The largest absolute Gasteiger partial charge is 0.496 e. The van der Waals surface area contributed by atoms with Crippen molar-refractivity contribution in [2.24, 2.45) is 0 Å². The van der Waals surface area contributed by atoms with Gasteiger partial charge in [0, 0.05) is 42.5 Å². The average molecular weight is 496 g/mol. The fourth-order valence-electron chi connectivity index (χ4n) is 5.05. The van der Waals surface area contributed by atoms with E-state index < -0.39 is 5.60 Å². The number of likely N-dealkylation sites (tertiary alicyclic amines) is 1. The Bertz CT molecular complexity index is 1080. The molecular weight excluding hydrogens is 458 g/mol. The van der Waals surface area contributed by atoms with E-state index in [1.807, 2.05) is 63.2 Å². The molecule has 1 saturated heterocycles. The molecule has 1 fully saturated rings. The number of carbonyl (C=O) groups is 2. The smallest absolute Gasteiger partial charge is 0.410 e. The van der Waals surface area contributed by atoms with Crippen molar-refractivity contribution < 1.29 is 28.5 Å². The second kappa shape index (κ2) is 10.9. The summed E-state index contributed by atoms with van der Waals surface area (Å²) >= 11 is 0. The Morgan fingerprint density at radius 1 is 1.06 bits per heavy atom. The van der Waals surface area contributed by atoms with Crippen molar-refractivity contribution in [1.29, 1.82) is 0 Å². The molecule has 0 atom stereocenters. The number of fused-ring (bicyclic) bond motifs is 2. The number of hydrogen-bond donors (Lipinski definition) is 0. The molecule has 2 aromatic rings. The highest BCUT2D eigenvalue weighted by molar-refractivity contribution is 6.02. The van der Waals surface area contributed by atoms with Crippen LogP contribution in [0.3, 0.4) is 0 Å². The SMILES string of the molecule is COc1ccccc1COCCCOc1ccc2c(c1)C(=O)CC21CCN(C(=O)OC(C)(C)C)CC1. The monoisotopic (exact) mass is 495 g/mol. The van der Waals surface area contributed by atoms with Gasteiger partial charge in [-0.25, -0.2) is 4.79 Å². The number of hydrogen-bond acceptors (Lipinski definition) is 6. The minimum atomic E-state index is -0.514. The minimum absolute atomic E-state index is 0.154. The van der Waals surface area contributed by atoms with Gasteiger partial charge in [-0.15, -0.1) is 0 Å². The van der Waals surface area contributed by atoms with Gasteiger partial charge >= 0.3 is 6.09 Å². The van der Waals surface area contributed by atoms with Crippen LogP contribution >= 0.6 is 0 Å². The van der Waals surface area contributed by atoms with E-state index in [2.05, 4.69) is 0 Å². The van der Waals surface area contributed by atoms with Crippen molar-refractivity contribution >= 4 is 11.9 Å². The molecule has 0 bridgehead atoms. The van der Waals surface area contributed by atoms with Gasteiger partial charge in [0.2, 0.25) is 0 Å². The lowest BCUT2D eigenvalue weighted by molar-refractivity contribution is 0.0166. The molecule has 36 heavy (non-hydrogen) atoms. The van der Waals surface area contributed by atoms with Gasteiger partial charge in [-0.2, -0.15) is 0 Å². The lowest BCUT2D eigenvalue weighted by atomic mass is 9.74. The van der Waals surface area contributed by atoms with Crippen LogP contribution in [0.2, 0.25) is 0 Å². The Morgan fingerprint density at radius 2 is 1.81 bits per heavy atom. The predicted molar refractivity (Wildman–Crippen MR) is 137 cm³/mol. The summed E-state index contributed by atoms with van der Waals surface area (Å²) < 4.78 is 22.6. The highest BCUT2D eigenvalue weighted by Crippen LogP contribution is 2.47. The van der Waals surface area contributed by atoms with Gasteiger partial charge in [-0.1, -0.05) is 24.3 Å². The van der Waals surface area contributed by atoms with Gasteiger partial charge in [0.05, 0.1) is 26.9 Å². The van der Waals surface area contributed by atoms with Crippen LogP contribution in [0, 0.1) is 0 Å². The van der Waals surface area contributed by atoms with E-state index in [0.29, 0.717) is 45.1 Å². The van der Waals surface area contributed by atoms with Gasteiger partial charge in [0.1, 0.15) is 17.1 Å². The third-order valence-electron chi connectivity index (χ3n) is 6.89. The first-order chi connectivity index (χ1) is 17.2. The predicted octanol–water partition coefficient (Wildman–Crippen LogP) is 5.54. The third-order valence-corrected chi connectivity index (χ3v) is 6.89. The fraction of sp³-hybridized carbons (Fsp3) is 0.517. The highest BCUT2D eigenvalue weighted by atomic mass is 16.6. The van der Waals surface area contributed by atoms with Crippen LogP contribution in [0.1, 0.15) is 67.9 Å². The fourth-order valence-corrected chi connectivity index (χ4v) is 5.05. The molecule has 1 amide bonds. The minimum Gasteiger partial charge on any atom is -0.496 e. The lowest BCUT2D eigenvalue weighted by Gasteiger charge is -2.40. The summed E-state index contributed by atoms with van der Waals surface area (Å²) in [4.78, 5) is 27.1. The van der Waals surface area contributed by atoms with Crippen LogP contribution in [0.4, 0.5) is 4.79 Å². The van der Waals surface area contributed by atoms with Crippen LogP contribution in [0.5, 0.6) is 11.5 Å². The molecule has 0 unspecified atom stereocenters. The molecule has 1 aliphatic heterocycles. The molecule has 0 radical (unpaired) electrons. The van der Waals surface area contributed by atoms with E-state index in [1.54, 1.807) is 12.0 Å². The molecule has 1 heterocycles. The van der Waals surface area contributed by atoms with E-state index in [-0.39, 0.29) is 17.3 Å². The zero-order valence-corrected chi connectivity index (χ0v) is 21.8. The van der Waals surface area contributed by atoms with Gasteiger partial charge in [0.15, 0.2) is 5.78 Å². The Kier molecular flexibility index (Phi) is 7.88. The number of rotatable bonds is 8. The molecule has 4 rings (SSSR count). The van der Waals surface area contributed by atoms with Crippen LogP contribution in [-0.2, 0) is 21.5 Å². The van der Waals surface area contributed by atoms with Crippen LogP contribution < -0.4 is 9.47 Å². The summed E-state index contributed by atoms with van der Waals surface area (Å²) in [7, 11) is 1.66. The molecule has 0 saturated carbocycles.